The summed E-state index contributed by atoms with van der Waals surface area (Å²) in [6, 6.07) is 15.5. The highest BCUT2D eigenvalue weighted by Gasteiger charge is 2.19. The predicted octanol–water partition coefficient (Wildman–Crippen LogP) is 4.78. The number of aromatic nitrogens is 2. The normalized spacial score (nSPS) is 11.7. The summed E-state index contributed by atoms with van der Waals surface area (Å²) in [4.78, 5) is 20.8. The molecule has 0 spiro atoms. The van der Waals surface area contributed by atoms with Crippen molar-refractivity contribution in [2.75, 3.05) is 6.79 Å². The highest BCUT2D eigenvalue weighted by Crippen LogP contribution is 2.36. The number of hydrogen-bond acceptors (Lipinski definition) is 7. The van der Waals surface area contributed by atoms with Crippen LogP contribution >= 0.6 is 0 Å². The highest BCUT2D eigenvalue weighted by atomic mass is 19.1. The number of hydrogen-bond donors (Lipinski definition) is 1. The molecule has 0 fully saturated rings. The lowest BCUT2D eigenvalue weighted by molar-refractivity contribution is 0.0947. The lowest BCUT2D eigenvalue weighted by Crippen LogP contribution is -2.24. The van der Waals surface area contributed by atoms with E-state index in [2.05, 4.69) is 15.3 Å². The number of fused-ring (bicyclic) bond motifs is 1. The van der Waals surface area contributed by atoms with Crippen LogP contribution in [-0.2, 0) is 13.2 Å². The molecular weight excluding hydrogens is 472 g/mol. The summed E-state index contributed by atoms with van der Waals surface area (Å²) >= 11 is 0. The van der Waals surface area contributed by atoms with Gasteiger partial charge < -0.3 is 24.3 Å². The molecule has 0 aliphatic carbocycles. The van der Waals surface area contributed by atoms with Crippen molar-refractivity contribution in [2.24, 2.45) is 0 Å². The maximum atomic E-state index is 14.6. The second kappa shape index (κ2) is 10.3. The van der Waals surface area contributed by atoms with E-state index in [1.165, 1.54) is 12.1 Å². The Bertz CT molecular complexity index is 1400. The van der Waals surface area contributed by atoms with Crippen LogP contribution in [0.1, 0.15) is 21.6 Å². The second-order valence-corrected chi connectivity index (χ2v) is 7.67. The van der Waals surface area contributed by atoms with Gasteiger partial charge >= 0.3 is 0 Å². The van der Waals surface area contributed by atoms with E-state index in [9.17, 15) is 13.6 Å². The number of carbonyl (C=O) groups is 1. The van der Waals surface area contributed by atoms with Crippen LogP contribution in [0.15, 0.2) is 73.1 Å². The number of nitrogens with one attached hydrogen (secondary N) is 1. The van der Waals surface area contributed by atoms with Gasteiger partial charge in [-0.05, 0) is 36.4 Å². The van der Waals surface area contributed by atoms with E-state index in [4.69, 9.17) is 18.9 Å². The Morgan fingerprint density at radius 1 is 0.972 bits per heavy atom. The van der Waals surface area contributed by atoms with Crippen LogP contribution in [0.25, 0.3) is 0 Å². The van der Waals surface area contributed by atoms with Gasteiger partial charge in [0.2, 0.25) is 12.7 Å². The van der Waals surface area contributed by atoms with Crippen molar-refractivity contribution < 1.29 is 32.5 Å². The highest BCUT2D eigenvalue weighted by molar-refractivity contribution is 5.96. The smallest absolute Gasteiger partial charge is 0.257 e. The van der Waals surface area contributed by atoms with Crippen molar-refractivity contribution in [1.82, 2.24) is 15.3 Å². The maximum Gasteiger partial charge on any atom is 0.257 e. The minimum absolute atomic E-state index is 0.0924. The fraction of sp³-hybridized carbons (Fsp3) is 0.115. The lowest BCUT2D eigenvalue weighted by atomic mass is 10.2. The van der Waals surface area contributed by atoms with Crippen molar-refractivity contribution in [2.45, 2.75) is 13.2 Å². The zero-order chi connectivity index (χ0) is 24.9. The number of pyridine rings is 2. The van der Waals surface area contributed by atoms with Gasteiger partial charge in [-0.15, -0.1) is 0 Å². The number of nitrogens with zero attached hydrogens (tertiary/aromatic N) is 2. The molecule has 182 valence electrons. The molecular formula is C26H19F2N3O5. The van der Waals surface area contributed by atoms with Gasteiger partial charge in [-0.25, -0.2) is 13.8 Å². The van der Waals surface area contributed by atoms with E-state index >= 15 is 0 Å². The van der Waals surface area contributed by atoms with E-state index < -0.39 is 17.5 Å². The van der Waals surface area contributed by atoms with Crippen LogP contribution < -0.4 is 24.3 Å². The fourth-order valence-electron chi connectivity index (χ4n) is 3.40. The van der Waals surface area contributed by atoms with Gasteiger partial charge in [-0.1, -0.05) is 12.1 Å². The topological polar surface area (TPSA) is 91.8 Å². The van der Waals surface area contributed by atoms with Crippen LogP contribution in [0.3, 0.4) is 0 Å². The first kappa shape index (κ1) is 23.0. The molecule has 0 saturated carbocycles. The van der Waals surface area contributed by atoms with E-state index in [0.29, 0.717) is 28.7 Å². The van der Waals surface area contributed by atoms with Crippen molar-refractivity contribution >= 4 is 5.91 Å². The average molecular weight is 491 g/mol. The standard InChI is InChI=1S/C26H19F2N3O5/c27-17-9-21(26(31-13-17)36-20-6-7-23-24(11-20)35-15-34-23)25(32)30-12-16-4-5-19(10-22(16)28)33-14-18-3-1-2-8-29-18/h1-11,13H,12,14-15H2,(H,30,32). The van der Waals surface area contributed by atoms with E-state index in [0.717, 1.165) is 12.3 Å². The molecule has 0 atom stereocenters. The third-order valence-electron chi connectivity index (χ3n) is 5.20. The predicted molar refractivity (Wildman–Crippen MR) is 123 cm³/mol. The minimum atomic E-state index is -0.723. The summed E-state index contributed by atoms with van der Waals surface area (Å²) in [5, 5.41) is 2.57. The lowest BCUT2D eigenvalue weighted by Gasteiger charge is -2.12. The van der Waals surface area contributed by atoms with Crippen LogP contribution in [0.5, 0.6) is 28.9 Å². The molecule has 1 N–H and O–H groups in total. The van der Waals surface area contributed by atoms with Crippen LogP contribution in [0.4, 0.5) is 8.78 Å². The molecule has 2 aromatic carbocycles. The van der Waals surface area contributed by atoms with Crippen molar-refractivity contribution in [3.63, 3.8) is 0 Å². The molecule has 36 heavy (non-hydrogen) atoms. The third kappa shape index (κ3) is 5.33. The average Bonchev–Trinajstić information content (AvgIpc) is 3.36. The first-order chi connectivity index (χ1) is 17.5. The molecule has 3 heterocycles. The van der Waals surface area contributed by atoms with Gasteiger partial charge in [0.25, 0.3) is 5.91 Å². The SMILES string of the molecule is O=C(NCc1ccc(OCc2ccccn2)cc1F)c1cc(F)cnc1Oc1ccc2c(c1)OCO2. The zero-order valence-corrected chi connectivity index (χ0v) is 18.7. The quantitative estimate of drug-likeness (QED) is 0.379. The van der Waals surface area contributed by atoms with E-state index in [1.807, 2.05) is 6.07 Å². The van der Waals surface area contributed by atoms with Gasteiger partial charge in [-0.3, -0.25) is 9.78 Å². The molecule has 5 rings (SSSR count). The number of carbonyl (C=O) groups excluding carboxylic acids is 1. The summed E-state index contributed by atoms with van der Waals surface area (Å²) in [5.41, 5.74) is 0.774. The first-order valence-corrected chi connectivity index (χ1v) is 10.9. The molecule has 0 saturated heterocycles. The van der Waals surface area contributed by atoms with Crippen LogP contribution in [0.2, 0.25) is 0 Å². The Labute approximate surface area is 204 Å². The molecule has 1 aliphatic rings. The molecule has 1 amide bonds. The van der Waals surface area contributed by atoms with Gasteiger partial charge in [0.05, 0.1) is 11.9 Å². The molecule has 10 heteroatoms. The second-order valence-electron chi connectivity index (χ2n) is 7.67. The van der Waals surface area contributed by atoms with Gasteiger partial charge in [0.15, 0.2) is 11.5 Å². The van der Waals surface area contributed by atoms with Gasteiger partial charge in [0, 0.05) is 30.4 Å². The monoisotopic (exact) mass is 491 g/mol. The molecule has 0 radical (unpaired) electrons. The van der Waals surface area contributed by atoms with Crippen LogP contribution in [0, 0.1) is 11.6 Å². The Balaban J connectivity index is 1.24. The molecule has 8 nitrogen and oxygen atoms in total. The summed E-state index contributed by atoms with van der Waals surface area (Å²) in [6.45, 7) is 0.134. The maximum absolute atomic E-state index is 14.6. The minimum Gasteiger partial charge on any atom is -0.487 e. The summed E-state index contributed by atoms with van der Waals surface area (Å²) in [6.07, 6.45) is 2.58. The molecule has 0 bridgehead atoms. The molecule has 1 aliphatic heterocycles. The summed E-state index contributed by atoms with van der Waals surface area (Å²) in [7, 11) is 0. The number of benzene rings is 2. The number of halogens is 2. The first-order valence-electron chi connectivity index (χ1n) is 10.9. The van der Waals surface area contributed by atoms with E-state index in [-0.39, 0.29) is 37.0 Å². The Morgan fingerprint density at radius 3 is 2.67 bits per heavy atom. The zero-order valence-electron chi connectivity index (χ0n) is 18.7. The van der Waals surface area contributed by atoms with Gasteiger partial charge in [0.1, 0.15) is 35.3 Å². The van der Waals surface area contributed by atoms with E-state index in [1.54, 1.807) is 42.6 Å². The Kier molecular flexibility index (Phi) is 6.57. The molecule has 4 aromatic rings. The summed E-state index contributed by atoms with van der Waals surface area (Å²) in [5.74, 6) is -0.422. The van der Waals surface area contributed by atoms with Crippen LogP contribution in [-0.4, -0.2) is 22.7 Å². The Morgan fingerprint density at radius 2 is 1.83 bits per heavy atom. The van der Waals surface area contributed by atoms with Gasteiger partial charge in [-0.2, -0.15) is 0 Å². The fourth-order valence-corrected chi connectivity index (χ4v) is 3.40. The Hall–Kier alpha value is -4.73. The molecule has 0 unspecified atom stereocenters. The molecule has 2 aromatic heterocycles. The van der Waals surface area contributed by atoms with Crippen molar-refractivity contribution in [3.8, 4) is 28.9 Å². The third-order valence-corrected chi connectivity index (χ3v) is 5.20. The van der Waals surface area contributed by atoms with Crippen molar-refractivity contribution in [3.05, 3.63) is 102 Å². The largest absolute Gasteiger partial charge is 0.487 e. The van der Waals surface area contributed by atoms with Crippen molar-refractivity contribution in [1.29, 1.82) is 0 Å². The number of rotatable bonds is 8. The summed E-state index contributed by atoms with van der Waals surface area (Å²) < 4.78 is 50.3. The number of amides is 1. The number of ether oxygens (including phenoxy) is 4.